The highest BCUT2D eigenvalue weighted by Crippen LogP contribution is 2.43. The number of nitrogens with zero attached hydrogens (tertiary/aromatic N) is 1. The Balaban J connectivity index is 1.95. The number of Topliss-reactive ketones (excluding diaryl/α,β-unsaturated/α-hetero) is 1. The van der Waals surface area contributed by atoms with Crippen molar-refractivity contribution in [2.45, 2.75) is 53.0 Å². The molecule has 192 valence electrons. The van der Waals surface area contributed by atoms with Gasteiger partial charge >= 0.3 is 0 Å². The summed E-state index contributed by atoms with van der Waals surface area (Å²) in [5.41, 5.74) is 3.96. The molecular formula is C31H32FNO4. The van der Waals surface area contributed by atoms with E-state index in [9.17, 15) is 19.1 Å². The number of hydrogen-bond acceptors (Lipinski definition) is 4. The average Bonchev–Trinajstić information content (AvgIpc) is 3.11. The monoisotopic (exact) mass is 501 g/mol. The fourth-order valence-electron chi connectivity index (χ4n) is 4.64. The highest BCUT2D eigenvalue weighted by Gasteiger charge is 2.47. The predicted octanol–water partition coefficient (Wildman–Crippen LogP) is 6.77. The number of ether oxygens (including phenoxy) is 1. The summed E-state index contributed by atoms with van der Waals surface area (Å²) in [6.07, 6.45) is 0. The molecule has 1 saturated heterocycles. The lowest BCUT2D eigenvalue weighted by molar-refractivity contribution is -0.132. The van der Waals surface area contributed by atoms with Crippen LogP contribution in [0.4, 0.5) is 10.1 Å². The molecular weight excluding hydrogens is 469 g/mol. The molecule has 37 heavy (non-hydrogen) atoms. The minimum absolute atomic E-state index is 0.0427. The van der Waals surface area contributed by atoms with Gasteiger partial charge in [-0.2, -0.15) is 0 Å². The zero-order valence-corrected chi connectivity index (χ0v) is 22.1. The van der Waals surface area contributed by atoms with E-state index in [1.54, 1.807) is 24.3 Å². The molecule has 0 aliphatic carbocycles. The third-order valence-corrected chi connectivity index (χ3v) is 6.76. The molecule has 3 aromatic rings. The number of carbonyl (C=O) groups excluding carboxylic acids is 2. The van der Waals surface area contributed by atoms with E-state index < -0.39 is 23.5 Å². The van der Waals surface area contributed by atoms with Gasteiger partial charge in [-0.05, 0) is 85.3 Å². The normalized spacial score (nSPS) is 17.4. The number of ketones is 1. The van der Waals surface area contributed by atoms with Crippen LogP contribution in [0.3, 0.4) is 0 Å². The third-order valence-electron chi connectivity index (χ3n) is 6.76. The van der Waals surface area contributed by atoms with Gasteiger partial charge in [0.25, 0.3) is 11.7 Å². The molecule has 0 spiro atoms. The number of benzene rings is 3. The molecule has 1 heterocycles. The highest BCUT2D eigenvalue weighted by atomic mass is 19.1. The van der Waals surface area contributed by atoms with Crippen LogP contribution in [0, 0.1) is 19.7 Å². The summed E-state index contributed by atoms with van der Waals surface area (Å²) >= 11 is 0. The van der Waals surface area contributed by atoms with E-state index in [2.05, 4.69) is 0 Å². The van der Waals surface area contributed by atoms with Crippen molar-refractivity contribution in [3.63, 3.8) is 0 Å². The molecule has 0 radical (unpaired) electrons. The SMILES string of the molecule is CCOc1ccc(/C(O)=C2/C(=O)C(=O)N(c3ccc(C)c(C)c3)C2c2ccc(F)cc2)cc1C(C)(C)C. The minimum atomic E-state index is -0.924. The number of aliphatic hydroxyl groups excluding tert-OH is 1. The maximum Gasteiger partial charge on any atom is 0.300 e. The van der Waals surface area contributed by atoms with Gasteiger partial charge in [-0.25, -0.2) is 4.39 Å². The Morgan fingerprint density at radius 3 is 2.24 bits per heavy atom. The average molecular weight is 502 g/mol. The van der Waals surface area contributed by atoms with Crippen molar-refractivity contribution in [1.29, 1.82) is 0 Å². The van der Waals surface area contributed by atoms with Crippen molar-refractivity contribution in [3.05, 3.63) is 99.9 Å². The van der Waals surface area contributed by atoms with Crippen LogP contribution in [0.5, 0.6) is 5.75 Å². The molecule has 1 atom stereocenters. The third kappa shape index (κ3) is 4.88. The highest BCUT2D eigenvalue weighted by molar-refractivity contribution is 6.51. The van der Waals surface area contributed by atoms with Crippen molar-refractivity contribution in [2.24, 2.45) is 0 Å². The fraction of sp³-hybridized carbons (Fsp3) is 0.290. The molecule has 0 aromatic heterocycles. The second-order valence-electron chi connectivity index (χ2n) is 10.4. The van der Waals surface area contributed by atoms with Crippen LogP contribution in [0.2, 0.25) is 0 Å². The molecule has 4 rings (SSSR count). The van der Waals surface area contributed by atoms with Crippen LogP contribution < -0.4 is 9.64 Å². The van der Waals surface area contributed by atoms with Crippen molar-refractivity contribution in [3.8, 4) is 5.75 Å². The van der Waals surface area contributed by atoms with Crippen LogP contribution in [0.1, 0.15) is 61.6 Å². The largest absolute Gasteiger partial charge is 0.507 e. The Hall–Kier alpha value is -3.93. The number of aliphatic hydroxyl groups is 1. The molecule has 1 aliphatic heterocycles. The van der Waals surface area contributed by atoms with Crippen molar-refractivity contribution in [1.82, 2.24) is 0 Å². The van der Waals surface area contributed by atoms with E-state index in [1.807, 2.05) is 53.7 Å². The molecule has 0 saturated carbocycles. The molecule has 0 bridgehead atoms. The lowest BCUT2D eigenvalue weighted by Gasteiger charge is -2.26. The minimum Gasteiger partial charge on any atom is -0.507 e. The summed E-state index contributed by atoms with van der Waals surface area (Å²) in [4.78, 5) is 28.2. The first-order valence-electron chi connectivity index (χ1n) is 12.4. The Bertz CT molecular complexity index is 1400. The summed E-state index contributed by atoms with van der Waals surface area (Å²) in [5, 5.41) is 11.5. The van der Waals surface area contributed by atoms with Gasteiger partial charge in [0.15, 0.2) is 0 Å². The van der Waals surface area contributed by atoms with Crippen molar-refractivity contribution in [2.75, 3.05) is 11.5 Å². The number of aryl methyl sites for hydroxylation is 2. The number of hydrogen-bond donors (Lipinski definition) is 1. The van der Waals surface area contributed by atoms with Gasteiger partial charge in [0.1, 0.15) is 17.3 Å². The van der Waals surface area contributed by atoms with Crippen molar-refractivity contribution < 1.29 is 23.8 Å². The van der Waals surface area contributed by atoms with E-state index in [4.69, 9.17) is 4.74 Å². The Morgan fingerprint density at radius 1 is 0.973 bits per heavy atom. The van der Waals surface area contributed by atoms with Gasteiger partial charge < -0.3 is 9.84 Å². The van der Waals surface area contributed by atoms with Gasteiger partial charge in [-0.1, -0.05) is 39.0 Å². The molecule has 3 aromatic carbocycles. The van der Waals surface area contributed by atoms with Crippen molar-refractivity contribution >= 4 is 23.1 Å². The van der Waals surface area contributed by atoms with Gasteiger partial charge in [0.05, 0.1) is 18.2 Å². The molecule has 1 amide bonds. The maximum absolute atomic E-state index is 13.8. The van der Waals surface area contributed by atoms with E-state index >= 15 is 0 Å². The molecule has 5 nitrogen and oxygen atoms in total. The van der Waals surface area contributed by atoms with Gasteiger partial charge in [-0.15, -0.1) is 0 Å². The molecule has 1 aliphatic rings. The second kappa shape index (κ2) is 9.85. The van der Waals surface area contributed by atoms with Crippen LogP contribution in [0.15, 0.2) is 66.2 Å². The quantitative estimate of drug-likeness (QED) is 0.238. The maximum atomic E-state index is 13.8. The summed E-state index contributed by atoms with van der Waals surface area (Å²) in [5.74, 6) is -1.57. The summed E-state index contributed by atoms with van der Waals surface area (Å²) < 4.78 is 19.6. The zero-order valence-electron chi connectivity index (χ0n) is 22.1. The molecule has 1 N–H and O–H groups in total. The smallest absolute Gasteiger partial charge is 0.300 e. The first-order chi connectivity index (χ1) is 17.4. The first kappa shape index (κ1) is 26.1. The summed E-state index contributed by atoms with van der Waals surface area (Å²) in [6, 6.07) is 15.5. The topological polar surface area (TPSA) is 66.8 Å². The van der Waals surface area contributed by atoms with E-state index in [1.165, 1.54) is 29.2 Å². The van der Waals surface area contributed by atoms with Crippen LogP contribution in [-0.4, -0.2) is 23.4 Å². The first-order valence-corrected chi connectivity index (χ1v) is 12.4. The van der Waals surface area contributed by atoms with E-state index in [0.717, 1.165) is 16.7 Å². The number of anilines is 1. The zero-order chi connectivity index (χ0) is 27.1. The molecule has 6 heteroatoms. The number of amides is 1. The van der Waals surface area contributed by atoms with Crippen LogP contribution in [0.25, 0.3) is 5.76 Å². The summed E-state index contributed by atoms with van der Waals surface area (Å²) in [7, 11) is 0. The Morgan fingerprint density at radius 2 is 1.65 bits per heavy atom. The van der Waals surface area contributed by atoms with E-state index in [0.29, 0.717) is 29.2 Å². The summed E-state index contributed by atoms with van der Waals surface area (Å²) in [6.45, 7) is 12.4. The number of rotatable bonds is 5. The Kier molecular flexibility index (Phi) is 6.96. The number of halogens is 1. The lowest BCUT2D eigenvalue weighted by Crippen LogP contribution is -2.29. The second-order valence-corrected chi connectivity index (χ2v) is 10.4. The van der Waals surface area contributed by atoms with Crippen LogP contribution in [-0.2, 0) is 15.0 Å². The Labute approximate surface area is 217 Å². The molecule has 1 unspecified atom stereocenters. The van der Waals surface area contributed by atoms with Gasteiger partial charge in [0.2, 0.25) is 0 Å². The molecule has 1 fully saturated rings. The fourth-order valence-corrected chi connectivity index (χ4v) is 4.64. The standard InChI is InChI=1S/C31H32FNO4/c1-7-37-25-15-11-21(17-24(25)31(4,5)6)28(34)26-27(20-9-12-22(32)13-10-20)33(30(36)29(26)35)23-14-8-18(2)19(3)16-23/h8-17,27,34H,7H2,1-6H3/b28-26-. The van der Waals surface area contributed by atoms with E-state index in [-0.39, 0.29) is 16.7 Å². The van der Waals surface area contributed by atoms with Crippen LogP contribution >= 0.6 is 0 Å². The predicted molar refractivity (Wildman–Crippen MR) is 143 cm³/mol. The lowest BCUT2D eigenvalue weighted by atomic mass is 9.84. The van der Waals surface area contributed by atoms with Gasteiger partial charge in [-0.3, -0.25) is 14.5 Å². The number of carbonyl (C=O) groups is 2. The van der Waals surface area contributed by atoms with Gasteiger partial charge in [0, 0.05) is 16.8 Å².